The van der Waals surface area contributed by atoms with Crippen molar-refractivity contribution in [2.75, 3.05) is 5.32 Å². The van der Waals surface area contributed by atoms with Gasteiger partial charge in [0.25, 0.3) is 5.91 Å². The summed E-state index contributed by atoms with van der Waals surface area (Å²) in [7, 11) is 0. The molecular formula is C18H19N3O2. The maximum absolute atomic E-state index is 12.6. The molecule has 23 heavy (non-hydrogen) atoms. The topological polar surface area (TPSA) is 60.1 Å². The molecule has 1 aromatic carbocycles. The quantitative estimate of drug-likeness (QED) is 0.791. The molecule has 1 fully saturated rings. The van der Waals surface area contributed by atoms with E-state index in [9.17, 15) is 4.79 Å². The van der Waals surface area contributed by atoms with Gasteiger partial charge in [-0.15, -0.1) is 0 Å². The van der Waals surface area contributed by atoms with Crippen LogP contribution in [0.15, 0.2) is 28.7 Å². The van der Waals surface area contributed by atoms with E-state index in [0.717, 1.165) is 33.7 Å². The Morgan fingerprint density at radius 1 is 1.26 bits per heavy atom. The molecular weight excluding hydrogens is 290 g/mol. The van der Waals surface area contributed by atoms with Gasteiger partial charge in [0.15, 0.2) is 11.5 Å². The van der Waals surface area contributed by atoms with Crippen LogP contribution in [0.5, 0.6) is 0 Å². The van der Waals surface area contributed by atoms with E-state index in [4.69, 9.17) is 4.42 Å². The number of oxazole rings is 1. The molecule has 0 unspecified atom stereocenters. The van der Waals surface area contributed by atoms with E-state index in [1.807, 2.05) is 38.1 Å². The van der Waals surface area contributed by atoms with Gasteiger partial charge in [-0.05, 0) is 51.0 Å². The zero-order chi connectivity index (χ0) is 16.1. The van der Waals surface area contributed by atoms with Crippen molar-refractivity contribution in [1.29, 1.82) is 0 Å². The minimum absolute atomic E-state index is 0.0791. The fraction of sp³-hybridized carbons (Fsp3) is 0.333. The van der Waals surface area contributed by atoms with Crippen LogP contribution in [0.4, 0.5) is 5.69 Å². The van der Waals surface area contributed by atoms with Gasteiger partial charge in [0.1, 0.15) is 5.52 Å². The van der Waals surface area contributed by atoms with Crippen molar-refractivity contribution in [2.45, 2.75) is 39.7 Å². The molecule has 0 bridgehead atoms. The van der Waals surface area contributed by atoms with Gasteiger partial charge in [0.05, 0.1) is 5.56 Å². The highest BCUT2D eigenvalue weighted by Crippen LogP contribution is 2.38. The lowest BCUT2D eigenvalue weighted by molar-refractivity contribution is 0.102. The summed E-state index contributed by atoms with van der Waals surface area (Å²) in [5.41, 5.74) is 5.15. The van der Waals surface area contributed by atoms with Crippen molar-refractivity contribution in [1.82, 2.24) is 9.55 Å². The van der Waals surface area contributed by atoms with Crippen molar-refractivity contribution in [2.24, 2.45) is 0 Å². The highest BCUT2D eigenvalue weighted by molar-refractivity contribution is 6.06. The number of nitrogens with zero attached hydrogens (tertiary/aromatic N) is 2. The van der Waals surface area contributed by atoms with Crippen LogP contribution in [0.1, 0.15) is 46.5 Å². The molecule has 1 N–H and O–H groups in total. The number of fused-ring (bicyclic) bond motifs is 1. The van der Waals surface area contributed by atoms with E-state index < -0.39 is 0 Å². The molecule has 1 amide bonds. The van der Waals surface area contributed by atoms with Gasteiger partial charge in [0, 0.05) is 30.0 Å². The highest BCUT2D eigenvalue weighted by Gasteiger charge is 2.28. The molecule has 2 heterocycles. The lowest BCUT2D eigenvalue weighted by Gasteiger charge is -2.08. The molecule has 0 spiro atoms. The third-order valence-electron chi connectivity index (χ3n) is 4.39. The normalized spacial score (nSPS) is 14.4. The summed E-state index contributed by atoms with van der Waals surface area (Å²) in [6.07, 6.45) is 2.42. The molecule has 2 aromatic heterocycles. The zero-order valence-electron chi connectivity index (χ0n) is 13.5. The second-order valence-corrected chi connectivity index (χ2v) is 6.26. The molecule has 1 saturated carbocycles. The Morgan fingerprint density at radius 3 is 2.78 bits per heavy atom. The van der Waals surface area contributed by atoms with E-state index in [0.29, 0.717) is 11.9 Å². The smallest absolute Gasteiger partial charge is 0.257 e. The van der Waals surface area contributed by atoms with Crippen LogP contribution in [-0.2, 0) is 0 Å². The summed E-state index contributed by atoms with van der Waals surface area (Å²) in [6.45, 7) is 5.89. The number of nitrogens with one attached hydrogen (secondary N) is 1. The molecule has 0 aliphatic heterocycles. The number of hydrogen-bond donors (Lipinski definition) is 1. The predicted octanol–water partition coefficient (Wildman–Crippen LogP) is 4.14. The SMILES string of the molecule is Cc1nc2cc(NC(=O)c3cc(C)n(C4CC4)c3C)ccc2o1. The van der Waals surface area contributed by atoms with Crippen LogP contribution in [0.3, 0.4) is 0 Å². The summed E-state index contributed by atoms with van der Waals surface area (Å²) in [6, 6.07) is 8.06. The average molecular weight is 309 g/mol. The van der Waals surface area contributed by atoms with Gasteiger partial charge in [-0.1, -0.05) is 0 Å². The predicted molar refractivity (Wildman–Crippen MR) is 88.9 cm³/mol. The van der Waals surface area contributed by atoms with Crippen molar-refractivity contribution < 1.29 is 9.21 Å². The lowest BCUT2D eigenvalue weighted by atomic mass is 10.2. The largest absolute Gasteiger partial charge is 0.441 e. The maximum atomic E-state index is 12.6. The van der Waals surface area contributed by atoms with E-state index in [-0.39, 0.29) is 5.91 Å². The number of carbonyl (C=O) groups excluding carboxylic acids is 1. The maximum Gasteiger partial charge on any atom is 0.257 e. The molecule has 118 valence electrons. The van der Waals surface area contributed by atoms with E-state index in [1.54, 1.807) is 0 Å². The first-order valence-corrected chi connectivity index (χ1v) is 7.90. The summed E-state index contributed by atoms with van der Waals surface area (Å²) in [5, 5.41) is 2.97. The minimum atomic E-state index is -0.0791. The summed E-state index contributed by atoms with van der Waals surface area (Å²) >= 11 is 0. The first-order valence-electron chi connectivity index (χ1n) is 7.90. The van der Waals surface area contributed by atoms with Gasteiger partial charge in [0.2, 0.25) is 0 Å². The second kappa shape index (κ2) is 4.98. The number of carbonyl (C=O) groups is 1. The van der Waals surface area contributed by atoms with Crippen LogP contribution in [0.2, 0.25) is 0 Å². The molecule has 3 aromatic rings. The average Bonchev–Trinajstić information content (AvgIpc) is 3.18. The molecule has 0 radical (unpaired) electrons. The summed E-state index contributed by atoms with van der Waals surface area (Å²) < 4.78 is 7.73. The molecule has 5 nitrogen and oxygen atoms in total. The van der Waals surface area contributed by atoms with Gasteiger partial charge in [-0.25, -0.2) is 4.98 Å². The Balaban J connectivity index is 1.62. The van der Waals surface area contributed by atoms with Gasteiger partial charge in [-0.3, -0.25) is 4.79 Å². The Hall–Kier alpha value is -2.56. The van der Waals surface area contributed by atoms with Crippen LogP contribution in [0.25, 0.3) is 11.1 Å². The number of anilines is 1. The molecule has 5 heteroatoms. The fourth-order valence-corrected chi connectivity index (χ4v) is 3.22. The zero-order valence-corrected chi connectivity index (χ0v) is 13.5. The number of rotatable bonds is 3. The van der Waals surface area contributed by atoms with Crippen LogP contribution < -0.4 is 5.32 Å². The Bertz CT molecular complexity index is 916. The standard InChI is InChI=1S/C18H19N3O2/c1-10-8-15(11(2)21(10)14-5-6-14)18(22)20-13-4-7-17-16(9-13)19-12(3)23-17/h4,7-9,14H,5-6H2,1-3H3,(H,20,22). The number of benzene rings is 1. The molecule has 0 atom stereocenters. The van der Waals surface area contributed by atoms with Crippen LogP contribution in [0, 0.1) is 20.8 Å². The molecule has 4 rings (SSSR count). The third-order valence-corrected chi connectivity index (χ3v) is 4.39. The van der Waals surface area contributed by atoms with Crippen molar-refractivity contribution in [3.05, 3.63) is 47.1 Å². The Morgan fingerprint density at radius 2 is 2.04 bits per heavy atom. The monoisotopic (exact) mass is 309 g/mol. The number of amides is 1. The Labute approximate surface area is 134 Å². The number of aromatic nitrogens is 2. The number of aryl methyl sites for hydroxylation is 2. The Kier molecular flexibility index (Phi) is 3.04. The molecule has 1 aliphatic rings. The fourth-order valence-electron chi connectivity index (χ4n) is 3.22. The van der Waals surface area contributed by atoms with E-state index in [1.165, 1.54) is 12.8 Å². The van der Waals surface area contributed by atoms with Crippen molar-refractivity contribution >= 4 is 22.7 Å². The first kappa shape index (κ1) is 14.1. The van der Waals surface area contributed by atoms with Crippen molar-refractivity contribution in [3.63, 3.8) is 0 Å². The van der Waals surface area contributed by atoms with Gasteiger partial charge in [-0.2, -0.15) is 0 Å². The molecule has 0 saturated heterocycles. The first-order chi connectivity index (χ1) is 11.0. The highest BCUT2D eigenvalue weighted by atomic mass is 16.3. The summed E-state index contributed by atoms with van der Waals surface area (Å²) in [5.74, 6) is 0.543. The third kappa shape index (κ3) is 2.42. The number of hydrogen-bond acceptors (Lipinski definition) is 3. The minimum Gasteiger partial charge on any atom is -0.441 e. The van der Waals surface area contributed by atoms with Gasteiger partial charge >= 0.3 is 0 Å². The summed E-state index contributed by atoms with van der Waals surface area (Å²) in [4.78, 5) is 16.9. The second-order valence-electron chi connectivity index (χ2n) is 6.26. The lowest BCUT2D eigenvalue weighted by Crippen LogP contribution is -2.13. The van der Waals surface area contributed by atoms with E-state index in [2.05, 4.69) is 21.8 Å². The van der Waals surface area contributed by atoms with Gasteiger partial charge < -0.3 is 14.3 Å². The molecule has 1 aliphatic carbocycles. The van der Waals surface area contributed by atoms with Crippen LogP contribution >= 0.6 is 0 Å². The van der Waals surface area contributed by atoms with Crippen LogP contribution in [-0.4, -0.2) is 15.5 Å². The van der Waals surface area contributed by atoms with Crippen molar-refractivity contribution in [3.8, 4) is 0 Å². The van der Waals surface area contributed by atoms with E-state index >= 15 is 0 Å².